The number of hydrogen-bond acceptors (Lipinski definition) is 5. The number of ether oxygens (including phenoxy) is 2. The summed E-state index contributed by atoms with van der Waals surface area (Å²) in [5.41, 5.74) is 5.65. The first-order chi connectivity index (χ1) is 7.91. The molecule has 0 aliphatic carbocycles. The molecule has 0 saturated heterocycles. The molecule has 0 atom stereocenters. The zero-order chi connectivity index (χ0) is 13.1. The number of alkyl halides is 3. The second-order valence-corrected chi connectivity index (χ2v) is 3.00. The zero-order valence-corrected chi connectivity index (χ0v) is 8.91. The van der Waals surface area contributed by atoms with E-state index in [-0.39, 0.29) is 23.6 Å². The molecule has 1 heterocycles. The maximum atomic E-state index is 12.0. The molecule has 0 bridgehead atoms. The molecule has 0 aliphatic heterocycles. The number of rotatable bonds is 4. The highest BCUT2D eigenvalue weighted by atomic mass is 19.4. The largest absolute Gasteiger partial charge is 0.574 e. The van der Waals surface area contributed by atoms with Crippen LogP contribution in [0.25, 0.3) is 0 Å². The van der Waals surface area contributed by atoms with Gasteiger partial charge in [-0.2, -0.15) is 0 Å². The smallest absolute Gasteiger partial charge is 0.496 e. The number of methoxy groups -OCH3 is 1. The van der Waals surface area contributed by atoms with Crippen LogP contribution in [-0.2, 0) is 13.2 Å². The van der Waals surface area contributed by atoms with Gasteiger partial charge in [0, 0.05) is 18.2 Å². The molecule has 0 aliphatic rings. The highest BCUT2D eigenvalue weighted by molar-refractivity contribution is 5.40. The van der Waals surface area contributed by atoms with Crippen molar-refractivity contribution in [3.63, 3.8) is 0 Å². The van der Waals surface area contributed by atoms with Crippen molar-refractivity contribution in [2.45, 2.75) is 19.5 Å². The molecule has 1 aromatic rings. The van der Waals surface area contributed by atoms with Gasteiger partial charge in [0.05, 0.1) is 19.4 Å². The van der Waals surface area contributed by atoms with Crippen LogP contribution < -0.4 is 15.2 Å². The van der Waals surface area contributed by atoms with Gasteiger partial charge in [-0.05, 0) is 0 Å². The summed E-state index contributed by atoms with van der Waals surface area (Å²) in [5.74, 6) is -0.630. The highest BCUT2D eigenvalue weighted by Crippen LogP contribution is 2.29. The third kappa shape index (κ3) is 3.46. The number of aliphatic hydroxyl groups excluding tert-OH is 1. The van der Waals surface area contributed by atoms with Gasteiger partial charge in [-0.1, -0.05) is 0 Å². The number of pyridine rings is 1. The van der Waals surface area contributed by atoms with Crippen molar-refractivity contribution in [1.29, 1.82) is 0 Å². The van der Waals surface area contributed by atoms with E-state index in [1.165, 1.54) is 7.11 Å². The molecular weight excluding hydrogens is 241 g/mol. The Labute approximate surface area is 95.0 Å². The SMILES string of the molecule is COc1cc(OC(F)(F)F)nc(CN)c1CO. The predicted molar refractivity (Wildman–Crippen MR) is 51.3 cm³/mol. The summed E-state index contributed by atoms with van der Waals surface area (Å²) in [7, 11) is 1.26. The van der Waals surface area contributed by atoms with Crippen molar-refractivity contribution in [2.24, 2.45) is 5.73 Å². The minimum atomic E-state index is -4.84. The van der Waals surface area contributed by atoms with E-state index in [0.29, 0.717) is 0 Å². The lowest BCUT2D eigenvalue weighted by Gasteiger charge is -2.14. The van der Waals surface area contributed by atoms with Crippen LogP contribution >= 0.6 is 0 Å². The van der Waals surface area contributed by atoms with Crippen LogP contribution in [0.1, 0.15) is 11.3 Å². The quantitative estimate of drug-likeness (QED) is 0.833. The predicted octanol–water partition coefficient (Wildman–Crippen LogP) is 0.940. The fourth-order valence-electron chi connectivity index (χ4n) is 1.27. The van der Waals surface area contributed by atoms with Gasteiger partial charge in [0.15, 0.2) is 0 Å². The molecule has 0 aromatic carbocycles. The van der Waals surface area contributed by atoms with E-state index in [9.17, 15) is 13.2 Å². The van der Waals surface area contributed by atoms with Crippen molar-refractivity contribution >= 4 is 0 Å². The molecule has 0 unspecified atom stereocenters. The number of aliphatic hydroxyl groups is 1. The summed E-state index contributed by atoms with van der Waals surface area (Å²) < 4.78 is 44.5. The molecule has 3 N–H and O–H groups in total. The molecule has 0 spiro atoms. The van der Waals surface area contributed by atoms with E-state index in [2.05, 4.69) is 9.72 Å². The Morgan fingerprint density at radius 2 is 2.12 bits per heavy atom. The summed E-state index contributed by atoms with van der Waals surface area (Å²) in [6.07, 6.45) is -4.84. The number of halogens is 3. The minimum absolute atomic E-state index is 0.0437. The lowest BCUT2D eigenvalue weighted by atomic mass is 10.2. The molecule has 0 amide bonds. The van der Waals surface area contributed by atoms with E-state index in [0.717, 1.165) is 6.07 Å². The Bertz CT molecular complexity index is 371. The number of aromatic nitrogens is 1. The summed E-state index contributed by atoms with van der Waals surface area (Å²) in [5, 5.41) is 9.05. The van der Waals surface area contributed by atoms with Gasteiger partial charge in [0.25, 0.3) is 0 Å². The number of nitrogens with zero attached hydrogens (tertiary/aromatic N) is 1. The third-order valence-electron chi connectivity index (χ3n) is 1.94. The second kappa shape index (κ2) is 5.19. The van der Waals surface area contributed by atoms with Gasteiger partial charge in [0.2, 0.25) is 5.88 Å². The minimum Gasteiger partial charge on any atom is -0.496 e. The third-order valence-corrected chi connectivity index (χ3v) is 1.94. The lowest BCUT2D eigenvalue weighted by molar-refractivity contribution is -0.276. The summed E-state index contributed by atoms with van der Waals surface area (Å²) >= 11 is 0. The Morgan fingerprint density at radius 3 is 2.53 bits per heavy atom. The molecule has 8 heteroatoms. The average molecular weight is 252 g/mol. The summed E-state index contributed by atoms with van der Waals surface area (Å²) in [6.45, 7) is -0.573. The first-order valence-corrected chi connectivity index (χ1v) is 4.54. The van der Waals surface area contributed by atoms with E-state index in [1.54, 1.807) is 0 Å². The Kier molecular flexibility index (Phi) is 4.13. The van der Waals surface area contributed by atoms with Crippen LogP contribution in [0, 0.1) is 0 Å². The standard InChI is InChI=1S/C9H11F3N2O3/c1-16-7-2-8(17-9(10,11)12)14-6(3-13)5(7)4-15/h2,15H,3-4,13H2,1H3. The summed E-state index contributed by atoms with van der Waals surface area (Å²) in [6, 6.07) is 0.943. The van der Waals surface area contributed by atoms with Crippen molar-refractivity contribution in [2.75, 3.05) is 7.11 Å². The molecule has 0 fully saturated rings. The zero-order valence-electron chi connectivity index (χ0n) is 8.91. The maximum absolute atomic E-state index is 12.0. The molecule has 1 aromatic heterocycles. The van der Waals surface area contributed by atoms with Gasteiger partial charge >= 0.3 is 6.36 Å². The molecule has 1 rings (SSSR count). The van der Waals surface area contributed by atoms with Crippen molar-refractivity contribution in [3.8, 4) is 11.6 Å². The molecule has 96 valence electrons. The topological polar surface area (TPSA) is 77.6 Å². The van der Waals surface area contributed by atoms with E-state index >= 15 is 0 Å². The number of hydrogen-bond donors (Lipinski definition) is 2. The Balaban J connectivity index is 3.18. The average Bonchev–Trinajstić information content (AvgIpc) is 2.25. The van der Waals surface area contributed by atoms with Crippen LogP contribution in [0.4, 0.5) is 13.2 Å². The first kappa shape index (κ1) is 13.5. The van der Waals surface area contributed by atoms with Gasteiger partial charge in [-0.3, -0.25) is 0 Å². The van der Waals surface area contributed by atoms with Gasteiger partial charge in [-0.15, -0.1) is 13.2 Å². The van der Waals surface area contributed by atoms with E-state index < -0.39 is 18.8 Å². The molecule has 17 heavy (non-hydrogen) atoms. The van der Waals surface area contributed by atoms with Crippen LogP contribution in [0.5, 0.6) is 11.6 Å². The monoisotopic (exact) mass is 252 g/mol. The highest BCUT2D eigenvalue weighted by Gasteiger charge is 2.32. The van der Waals surface area contributed by atoms with Gasteiger partial charge < -0.3 is 20.3 Å². The van der Waals surface area contributed by atoms with E-state index in [1.807, 2.05) is 0 Å². The van der Waals surface area contributed by atoms with Crippen LogP contribution in [-0.4, -0.2) is 23.6 Å². The fraction of sp³-hybridized carbons (Fsp3) is 0.444. The molecular formula is C9H11F3N2O3. The van der Waals surface area contributed by atoms with Crippen LogP contribution in [0.15, 0.2) is 6.07 Å². The Hall–Kier alpha value is -1.54. The molecule has 0 saturated carbocycles. The second-order valence-electron chi connectivity index (χ2n) is 3.00. The van der Waals surface area contributed by atoms with Crippen molar-refractivity contribution in [1.82, 2.24) is 4.98 Å². The van der Waals surface area contributed by atoms with Crippen LogP contribution in [0.3, 0.4) is 0 Å². The Morgan fingerprint density at radius 1 is 1.47 bits per heavy atom. The molecule has 5 nitrogen and oxygen atoms in total. The van der Waals surface area contributed by atoms with Crippen LogP contribution in [0.2, 0.25) is 0 Å². The normalized spacial score (nSPS) is 11.4. The van der Waals surface area contributed by atoms with Crippen molar-refractivity contribution < 1.29 is 27.8 Å². The van der Waals surface area contributed by atoms with Gasteiger partial charge in [-0.25, -0.2) is 4.98 Å². The van der Waals surface area contributed by atoms with E-state index in [4.69, 9.17) is 15.6 Å². The summed E-state index contributed by atoms with van der Waals surface area (Å²) in [4.78, 5) is 3.55. The van der Waals surface area contributed by atoms with Gasteiger partial charge in [0.1, 0.15) is 5.75 Å². The fourth-order valence-corrected chi connectivity index (χ4v) is 1.27. The number of nitrogens with two attached hydrogens (primary N) is 1. The first-order valence-electron chi connectivity index (χ1n) is 4.54. The lowest BCUT2D eigenvalue weighted by Crippen LogP contribution is -2.19. The maximum Gasteiger partial charge on any atom is 0.574 e. The molecule has 0 radical (unpaired) electrons. The van der Waals surface area contributed by atoms with Crippen molar-refractivity contribution in [3.05, 3.63) is 17.3 Å².